The minimum atomic E-state index is -1.48. The number of fused-ring (bicyclic) bond motifs is 1. The highest BCUT2D eigenvalue weighted by atomic mass is 19.1. The Morgan fingerprint density at radius 1 is 1.27 bits per heavy atom. The normalized spacial score (nSPS) is 30.7. The van der Waals surface area contributed by atoms with Crippen LogP contribution in [0.3, 0.4) is 0 Å². The zero-order chi connectivity index (χ0) is 23.8. The number of hydrogen-bond donors (Lipinski definition) is 3. The Balaban J connectivity index is 1.71. The molecule has 0 aliphatic heterocycles. The molecule has 0 saturated heterocycles. The molecule has 3 aliphatic carbocycles. The average molecular weight is 459 g/mol. The second kappa shape index (κ2) is 9.24. The molecular formula is C26H39FN4O2. The van der Waals surface area contributed by atoms with Crippen LogP contribution < -0.4 is 11.5 Å². The highest BCUT2D eigenvalue weighted by Crippen LogP contribution is 2.58. The van der Waals surface area contributed by atoms with Crippen molar-refractivity contribution in [2.24, 2.45) is 17.1 Å². The summed E-state index contributed by atoms with van der Waals surface area (Å²) in [6.07, 6.45) is 7.99. The number of alkyl halides is 1. The van der Waals surface area contributed by atoms with Crippen molar-refractivity contribution in [2.75, 3.05) is 19.4 Å². The predicted molar refractivity (Wildman–Crippen MR) is 129 cm³/mol. The second-order valence-corrected chi connectivity index (χ2v) is 10.6. The Kier molecular flexibility index (Phi) is 6.72. The molecule has 1 amide bonds. The van der Waals surface area contributed by atoms with Crippen molar-refractivity contribution in [3.63, 3.8) is 0 Å². The molecule has 1 aromatic rings. The first-order valence-corrected chi connectivity index (χ1v) is 12.5. The van der Waals surface area contributed by atoms with Crippen molar-refractivity contribution in [2.45, 2.75) is 88.8 Å². The molecule has 6 nitrogen and oxygen atoms in total. The van der Waals surface area contributed by atoms with Crippen LogP contribution >= 0.6 is 0 Å². The Morgan fingerprint density at radius 2 is 2.00 bits per heavy atom. The highest BCUT2D eigenvalue weighted by molar-refractivity contribution is 5.99. The number of nitrogen functional groups attached to an aromatic ring is 1. The molecule has 7 heteroatoms. The number of nitrogens with two attached hydrogens (primary N) is 2. The number of halogens is 1. The Hall–Kier alpha value is -2.15. The molecule has 0 bridgehead atoms. The molecule has 0 heterocycles. The van der Waals surface area contributed by atoms with Gasteiger partial charge in [0.05, 0.1) is 18.6 Å². The summed E-state index contributed by atoms with van der Waals surface area (Å²) in [5.41, 5.74) is 13.0. The van der Waals surface area contributed by atoms with Crippen LogP contribution in [0.25, 0.3) is 0 Å². The average Bonchev–Trinajstić information content (AvgIpc) is 3.09. The monoisotopic (exact) mass is 458 g/mol. The third kappa shape index (κ3) is 4.48. The molecule has 5 N–H and O–H groups in total. The van der Waals surface area contributed by atoms with Crippen molar-refractivity contribution in [3.05, 3.63) is 29.3 Å². The lowest BCUT2D eigenvalue weighted by atomic mass is 9.61. The number of anilines is 1. The van der Waals surface area contributed by atoms with Crippen LogP contribution in [0.2, 0.25) is 0 Å². The van der Waals surface area contributed by atoms with Crippen LogP contribution in [-0.2, 0) is 16.0 Å². The van der Waals surface area contributed by atoms with E-state index in [2.05, 4.69) is 6.92 Å². The number of nitrogens with one attached hydrogen (secondary N) is 1. The third-order valence-electron chi connectivity index (χ3n) is 8.58. The SMILES string of the molecule is CC[C@@H]1CC2(CC[C@H]1OC)Cc1ccc(N)cc1C2C(=O)N(CC1(F)CCCCC1)C(=N)N. The third-order valence-corrected chi connectivity index (χ3v) is 8.58. The van der Waals surface area contributed by atoms with Crippen LogP contribution in [0.1, 0.15) is 81.8 Å². The molecule has 4 rings (SSSR count). The molecule has 0 radical (unpaired) electrons. The van der Waals surface area contributed by atoms with Crippen LogP contribution in [0.4, 0.5) is 10.1 Å². The summed E-state index contributed by atoms with van der Waals surface area (Å²) in [6, 6.07) is 5.82. The van der Waals surface area contributed by atoms with E-state index in [-0.39, 0.29) is 29.9 Å². The van der Waals surface area contributed by atoms with Gasteiger partial charge in [0.2, 0.25) is 5.91 Å². The molecule has 182 valence electrons. The van der Waals surface area contributed by atoms with Crippen LogP contribution in [0.5, 0.6) is 0 Å². The van der Waals surface area contributed by atoms with Gasteiger partial charge in [-0.3, -0.25) is 15.1 Å². The zero-order valence-corrected chi connectivity index (χ0v) is 20.0. The summed E-state index contributed by atoms with van der Waals surface area (Å²) in [5.74, 6) is -0.741. The molecule has 2 saturated carbocycles. The van der Waals surface area contributed by atoms with Crippen molar-refractivity contribution >= 4 is 17.6 Å². The fraction of sp³-hybridized carbons (Fsp3) is 0.692. The van der Waals surface area contributed by atoms with Crippen LogP contribution in [0.15, 0.2) is 18.2 Å². The largest absolute Gasteiger partial charge is 0.399 e. The Bertz CT molecular complexity index is 900. The van der Waals surface area contributed by atoms with Gasteiger partial charge in [-0.1, -0.05) is 38.7 Å². The van der Waals surface area contributed by atoms with Gasteiger partial charge < -0.3 is 16.2 Å². The maximum atomic E-state index is 15.7. The number of ether oxygens (including phenoxy) is 1. The molecular weight excluding hydrogens is 419 g/mol. The molecule has 1 aromatic carbocycles. The van der Waals surface area contributed by atoms with Gasteiger partial charge in [0.15, 0.2) is 5.96 Å². The van der Waals surface area contributed by atoms with E-state index in [9.17, 15) is 4.79 Å². The summed E-state index contributed by atoms with van der Waals surface area (Å²) < 4.78 is 21.4. The predicted octanol–water partition coefficient (Wildman–Crippen LogP) is 4.51. The number of amides is 1. The number of methoxy groups -OCH3 is 1. The van der Waals surface area contributed by atoms with Gasteiger partial charge in [0, 0.05) is 12.8 Å². The number of nitrogens with zero attached hydrogens (tertiary/aromatic N) is 1. The minimum absolute atomic E-state index is 0.136. The number of rotatable bonds is 5. The van der Waals surface area contributed by atoms with E-state index in [0.29, 0.717) is 24.4 Å². The molecule has 0 aromatic heterocycles. The van der Waals surface area contributed by atoms with E-state index >= 15 is 4.39 Å². The summed E-state index contributed by atoms with van der Waals surface area (Å²) >= 11 is 0. The summed E-state index contributed by atoms with van der Waals surface area (Å²) in [5, 5.41) is 8.19. The topological polar surface area (TPSA) is 105 Å². The maximum Gasteiger partial charge on any atom is 0.237 e. The van der Waals surface area contributed by atoms with Gasteiger partial charge >= 0.3 is 0 Å². The van der Waals surface area contributed by atoms with Crippen molar-refractivity contribution in [1.29, 1.82) is 5.41 Å². The number of carbonyl (C=O) groups excluding carboxylic acids is 1. The van der Waals surface area contributed by atoms with Crippen LogP contribution in [0, 0.1) is 16.7 Å². The van der Waals surface area contributed by atoms with E-state index in [4.69, 9.17) is 21.6 Å². The number of hydrogen-bond acceptors (Lipinski definition) is 4. The van der Waals surface area contributed by atoms with Gasteiger partial charge in [-0.15, -0.1) is 0 Å². The maximum absolute atomic E-state index is 15.7. The number of guanidine groups is 1. The van der Waals surface area contributed by atoms with E-state index < -0.39 is 11.6 Å². The fourth-order valence-corrected chi connectivity index (χ4v) is 6.88. The second-order valence-electron chi connectivity index (χ2n) is 10.6. The highest BCUT2D eigenvalue weighted by Gasteiger charge is 2.54. The van der Waals surface area contributed by atoms with Gasteiger partial charge in [-0.2, -0.15) is 0 Å². The lowest BCUT2D eigenvalue weighted by Crippen LogP contribution is -2.53. The van der Waals surface area contributed by atoms with Crippen molar-refractivity contribution in [1.82, 2.24) is 4.90 Å². The smallest absolute Gasteiger partial charge is 0.237 e. The van der Waals surface area contributed by atoms with E-state index in [1.54, 1.807) is 7.11 Å². The standard InChI is InChI=1S/C26H39FN4O2/c1-3-17-14-25(12-9-21(17)33-2)15-18-7-8-19(28)13-20(18)22(25)23(32)31(24(29)30)16-26(27)10-5-4-6-11-26/h7-8,13,17,21-22H,3-6,9-12,14-16,28H2,1-2H3,(H3,29,30)/t17-,21-,22?,25?/m1/s1. The first-order chi connectivity index (χ1) is 15.7. The van der Waals surface area contributed by atoms with Crippen LogP contribution in [-0.4, -0.2) is 42.2 Å². The first kappa shape index (κ1) is 24.0. The van der Waals surface area contributed by atoms with E-state index in [0.717, 1.165) is 62.5 Å². The first-order valence-electron chi connectivity index (χ1n) is 12.5. The number of benzene rings is 1. The van der Waals surface area contributed by atoms with Crippen molar-refractivity contribution in [3.8, 4) is 0 Å². The molecule has 33 heavy (non-hydrogen) atoms. The van der Waals surface area contributed by atoms with Crippen molar-refractivity contribution < 1.29 is 13.9 Å². The zero-order valence-electron chi connectivity index (χ0n) is 20.0. The Labute approximate surface area is 196 Å². The summed E-state index contributed by atoms with van der Waals surface area (Å²) in [6.45, 7) is 2.04. The molecule has 3 aliphatic rings. The van der Waals surface area contributed by atoms with E-state index in [1.807, 2.05) is 18.2 Å². The molecule has 1 spiro atoms. The molecule has 2 unspecified atom stereocenters. The van der Waals surface area contributed by atoms with Gasteiger partial charge in [-0.05, 0) is 73.1 Å². The lowest BCUT2D eigenvalue weighted by molar-refractivity contribution is -0.136. The Morgan fingerprint density at radius 3 is 2.64 bits per heavy atom. The number of carbonyl (C=O) groups is 1. The fourth-order valence-electron chi connectivity index (χ4n) is 6.88. The minimum Gasteiger partial charge on any atom is -0.399 e. The molecule has 2 fully saturated rings. The van der Waals surface area contributed by atoms with Gasteiger partial charge in [-0.25, -0.2) is 4.39 Å². The summed E-state index contributed by atoms with van der Waals surface area (Å²) in [4.78, 5) is 15.4. The molecule has 4 atom stereocenters. The van der Waals surface area contributed by atoms with Gasteiger partial charge in [0.1, 0.15) is 5.67 Å². The quantitative estimate of drug-likeness (QED) is 0.343. The van der Waals surface area contributed by atoms with Gasteiger partial charge in [0.25, 0.3) is 0 Å². The van der Waals surface area contributed by atoms with E-state index in [1.165, 1.54) is 4.90 Å². The summed E-state index contributed by atoms with van der Waals surface area (Å²) in [7, 11) is 1.76. The lowest BCUT2D eigenvalue weighted by Gasteiger charge is -2.46.